The molecule has 0 radical (unpaired) electrons. The summed E-state index contributed by atoms with van der Waals surface area (Å²) >= 11 is 0.903. The maximum atomic E-state index is 11.6. The van der Waals surface area contributed by atoms with Gasteiger partial charge in [-0.05, 0) is 47.7 Å². The quantitative estimate of drug-likeness (QED) is 0.734. The smallest absolute Gasteiger partial charge is 0.290 e. The number of pyridine rings is 2. The molecular formula is C16H10N4O2S. The van der Waals surface area contributed by atoms with Crippen molar-refractivity contribution in [3.63, 3.8) is 0 Å². The third kappa shape index (κ3) is 2.51. The first-order valence-electron chi connectivity index (χ1n) is 6.83. The van der Waals surface area contributed by atoms with Gasteiger partial charge in [0.2, 0.25) is 0 Å². The summed E-state index contributed by atoms with van der Waals surface area (Å²) in [5.41, 5.74) is 3.47. The van der Waals surface area contributed by atoms with Gasteiger partial charge in [0.1, 0.15) is 5.65 Å². The minimum atomic E-state index is -0.363. The van der Waals surface area contributed by atoms with Crippen molar-refractivity contribution in [1.82, 2.24) is 19.7 Å². The minimum absolute atomic E-state index is 0.346. The van der Waals surface area contributed by atoms with E-state index in [2.05, 4.69) is 15.3 Å². The fourth-order valence-corrected chi connectivity index (χ4v) is 3.06. The first kappa shape index (κ1) is 13.7. The van der Waals surface area contributed by atoms with Gasteiger partial charge < -0.3 is 0 Å². The standard InChI is InChI=1S/C16H10N4O2S/c21-15-13(23-16(22)19-15)6-10-3-4-14-18-8-12(20(14)9-10)11-2-1-5-17-7-11/h1-9H,(H,19,21,22). The zero-order valence-electron chi connectivity index (χ0n) is 11.8. The number of nitrogens with zero attached hydrogens (tertiary/aromatic N) is 3. The lowest BCUT2D eigenvalue weighted by atomic mass is 10.2. The number of thioether (sulfide) groups is 1. The molecule has 1 aliphatic rings. The van der Waals surface area contributed by atoms with E-state index in [1.807, 2.05) is 34.9 Å². The normalized spacial score (nSPS) is 16.3. The highest BCUT2D eigenvalue weighted by Gasteiger charge is 2.24. The maximum Gasteiger partial charge on any atom is 0.290 e. The monoisotopic (exact) mass is 322 g/mol. The molecule has 4 rings (SSSR count). The molecule has 3 aromatic heterocycles. The van der Waals surface area contributed by atoms with E-state index >= 15 is 0 Å². The predicted molar refractivity (Wildman–Crippen MR) is 87.5 cm³/mol. The molecule has 0 atom stereocenters. The molecule has 23 heavy (non-hydrogen) atoms. The van der Waals surface area contributed by atoms with Crippen LogP contribution in [0.4, 0.5) is 4.79 Å². The van der Waals surface area contributed by atoms with E-state index in [1.54, 1.807) is 24.7 Å². The van der Waals surface area contributed by atoms with Gasteiger partial charge in [-0.15, -0.1) is 0 Å². The molecule has 0 aliphatic carbocycles. The molecule has 4 heterocycles. The van der Waals surface area contributed by atoms with Gasteiger partial charge in [0.05, 0.1) is 16.8 Å². The molecule has 1 saturated heterocycles. The maximum absolute atomic E-state index is 11.6. The number of carbonyl (C=O) groups is 2. The number of fused-ring (bicyclic) bond motifs is 1. The van der Waals surface area contributed by atoms with E-state index in [9.17, 15) is 9.59 Å². The number of rotatable bonds is 2. The number of amides is 2. The van der Waals surface area contributed by atoms with Crippen LogP contribution in [-0.2, 0) is 4.79 Å². The number of hydrogen-bond donors (Lipinski definition) is 1. The summed E-state index contributed by atoms with van der Waals surface area (Å²) in [4.78, 5) is 31.8. The number of imide groups is 1. The molecule has 6 nitrogen and oxygen atoms in total. The highest BCUT2D eigenvalue weighted by atomic mass is 32.2. The van der Waals surface area contributed by atoms with Crippen molar-refractivity contribution >= 4 is 34.6 Å². The number of nitrogens with one attached hydrogen (secondary N) is 1. The van der Waals surface area contributed by atoms with Crippen LogP contribution in [0.15, 0.2) is 54.0 Å². The van der Waals surface area contributed by atoms with Crippen LogP contribution in [0, 0.1) is 0 Å². The Bertz CT molecular complexity index is 963. The molecule has 0 spiro atoms. The zero-order chi connectivity index (χ0) is 15.8. The summed E-state index contributed by atoms with van der Waals surface area (Å²) in [7, 11) is 0. The third-order valence-corrected chi connectivity index (χ3v) is 4.24. The average Bonchev–Trinajstić information content (AvgIpc) is 3.11. The van der Waals surface area contributed by atoms with Crippen molar-refractivity contribution in [3.8, 4) is 11.3 Å². The summed E-state index contributed by atoms with van der Waals surface area (Å²) in [6.07, 6.45) is 8.85. The lowest BCUT2D eigenvalue weighted by Gasteiger charge is -2.03. The second-order valence-corrected chi connectivity index (χ2v) is 5.94. The summed E-state index contributed by atoms with van der Waals surface area (Å²) in [6, 6.07) is 7.55. The Labute approximate surface area is 135 Å². The van der Waals surface area contributed by atoms with Crippen molar-refractivity contribution in [3.05, 3.63) is 59.5 Å². The van der Waals surface area contributed by atoms with E-state index in [-0.39, 0.29) is 11.1 Å². The Hall–Kier alpha value is -2.93. The fourth-order valence-electron chi connectivity index (χ4n) is 2.38. The van der Waals surface area contributed by atoms with Crippen LogP contribution in [0.3, 0.4) is 0 Å². The molecule has 2 amide bonds. The summed E-state index contributed by atoms with van der Waals surface area (Å²) in [5, 5.41) is 1.90. The Morgan fingerprint density at radius 1 is 1.17 bits per heavy atom. The highest BCUT2D eigenvalue weighted by molar-refractivity contribution is 8.18. The van der Waals surface area contributed by atoms with Crippen molar-refractivity contribution < 1.29 is 9.59 Å². The van der Waals surface area contributed by atoms with Gasteiger partial charge in [0.15, 0.2) is 0 Å². The Balaban J connectivity index is 1.80. The van der Waals surface area contributed by atoms with Crippen molar-refractivity contribution in [2.75, 3.05) is 0 Å². The topological polar surface area (TPSA) is 76.4 Å². The van der Waals surface area contributed by atoms with Crippen LogP contribution in [0.5, 0.6) is 0 Å². The van der Waals surface area contributed by atoms with Crippen molar-refractivity contribution in [1.29, 1.82) is 0 Å². The summed E-state index contributed by atoms with van der Waals surface area (Å²) in [5.74, 6) is -0.363. The van der Waals surface area contributed by atoms with Crippen LogP contribution in [0.2, 0.25) is 0 Å². The largest absolute Gasteiger partial charge is 0.299 e. The van der Waals surface area contributed by atoms with Crippen molar-refractivity contribution in [2.45, 2.75) is 0 Å². The molecule has 1 fully saturated rings. The number of carbonyl (C=O) groups excluding carboxylic acids is 2. The second-order valence-electron chi connectivity index (χ2n) is 4.93. The Morgan fingerprint density at radius 2 is 2.09 bits per heavy atom. The van der Waals surface area contributed by atoms with E-state index in [0.717, 1.165) is 34.2 Å². The second kappa shape index (κ2) is 5.36. The highest BCUT2D eigenvalue weighted by Crippen LogP contribution is 2.26. The summed E-state index contributed by atoms with van der Waals surface area (Å²) in [6.45, 7) is 0. The van der Waals surface area contributed by atoms with Gasteiger partial charge in [-0.25, -0.2) is 4.98 Å². The van der Waals surface area contributed by atoms with Crippen molar-refractivity contribution in [2.24, 2.45) is 0 Å². The van der Waals surface area contributed by atoms with Gasteiger partial charge in [-0.2, -0.15) is 0 Å². The van der Waals surface area contributed by atoms with E-state index in [1.165, 1.54) is 0 Å². The molecule has 0 unspecified atom stereocenters. The molecule has 1 aliphatic heterocycles. The van der Waals surface area contributed by atoms with Gasteiger partial charge in [-0.3, -0.25) is 24.3 Å². The van der Waals surface area contributed by atoms with Gasteiger partial charge in [0.25, 0.3) is 11.1 Å². The molecule has 112 valence electrons. The Morgan fingerprint density at radius 3 is 2.83 bits per heavy atom. The molecule has 0 bridgehead atoms. The minimum Gasteiger partial charge on any atom is -0.299 e. The molecule has 0 aromatic carbocycles. The van der Waals surface area contributed by atoms with Crippen LogP contribution in [0.25, 0.3) is 23.0 Å². The van der Waals surface area contributed by atoms with Crippen LogP contribution in [-0.4, -0.2) is 25.5 Å². The Kier molecular flexibility index (Phi) is 3.20. The number of aromatic nitrogens is 3. The van der Waals surface area contributed by atoms with E-state index in [0.29, 0.717) is 4.91 Å². The molecular weight excluding hydrogens is 312 g/mol. The van der Waals surface area contributed by atoms with Gasteiger partial charge >= 0.3 is 0 Å². The lowest BCUT2D eigenvalue weighted by Crippen LogP contribution is -2.17. The van der Waals surface area contributed by atoms with Crippen LogP contribution in [0.1, 0.15) is 5.56 Å². The molecule has 7 heteroatoms. The van der Waals surface area contributed by atoms with Crippen LogP contribution >= 0.6 is 11.8 Å². The number of imidazole rings is 1. The first-order chi connectivity index (χ1) is 11.2. The van der Waals surface area contributed by atoms with Gasteiger partial charge in [0, 0.05) is 24.2 Å². The van der Waals surface area contributed by atoms with Crippen LogP contribution < -0.4 is 5.32 Å². The number of hydrogen-bond acceptors (Lipinski definition) is 5. The van der Waals surface area contributed by atoms with E-state index < -0.39 is 0 Å². The first-order valence-corrected chi connectivity index (χ1v) is 7.65. The molecule has 0 saturated carbocycles. The zero-order valence-corrected chi connectivity index (χ0v) is 12.6. The fraction of sp³-hybridized carbons (Fsp3) is 0. The summed E-state index contributed by atoms with van der Waals surface area (Å²) < 4.78 is 1.93. The van der Waals surface area contributed by atoms with Gasteiger partial charge in [-0.1, -0.05) is 0 Å². The molecule has 1 N–H and O–H groups in total. The average molecular weight is 322 g/mol. The lowest BCUT2D eigenvalue weighted by molar-refractivity contribution is -0.115. The van der Waals surface area contributed by atoms with E-state index in [4.69, 9.17) is 0 Å². The third-order valence-electron chi connectivity index (χ3n) is 3.43. The SMILES string of the molecule is O=C1NC(=O)C(=Cc2ccc3ncc(-c4cccnc4)n3c2)S1. The molecule has 3 aromatic rings. The predicted octanol–water partition coefficient (Wildman–Crippen LogP) is 2.72.